The van der Waals surface area contributed by atoms with Crippen LogP contribution >= 0.6 is 15.9 Å². The Bertz CT molecular complexity index is 391. The van der Waals surface area contributed by atoms with E-state index >= 15 is 0 Å². The fourth-order valence-corrected chi connectivity index (χ4v) is 1.51. The van der Waals surface area contributed by atoms with Gasteiger partial charge in [-0.2, -0.15) is 13.2 Å². The number of benzene rings is 1. The van der Waals surface area contributed by atoms with Gasteiger partial charge < -0.3 is 5.32 Å². The fraction of sp³-hybridized carbons (Fsp3) is 0.400. The summed E-state index contributed by atoms with van der Waals surface area (Å²) >= 11 is 2.86. The van der Waals surface area contributed by atoms with Gasteiger partial charge in [0, 0.05) is 19.0 Å². The average Bonchev–Trinajstić information content (AvgIpc) is 2.18. The topological polar surface area (TPSA) is 12.0 Å². The number of hydrogen-bond donors (Lipinski definition) is 1. The summed E-state index contributed by atoms with van der Waals surface area (Å²) < 4.78 is 61.5. The second-order valence-corrected chi connectivity index (χ2v) is 4.25. The molecule has 0 atom stereocenters. The molecule has 1 N–H and O–H groups in total. The van der Waals surface area contributed by atoms with E-state index in [0.717, 1.165) is 6.07 Å². The zero-order valence-electron chi connectivity index (χ0n) is 8.54. The quantitative estimate of drug-likeness (QED) is 0.490. The number of hydrogen-bond acceptors (Lipinski definition) is 1. The average molecular weight is 318 g/mol. The van der Waals surface area contributed by atoms with E-state index in [9.17, 15) is 22.0 Å². The molecule has 0 bridgehead atoms. The van der Waals surface area contributed by atoms with E-state index in [2.05, 4.69) is 21.2 Å². The van der Waals surface area contributed by atoms with Crippen molar-refractivity contribution in [3.63, 3.8) is 0 Å². The van der Waals surface area contributed by atoms with Gasteiger partial charge in [-0.05, 0) is 28.4 Å². The van der Waals surface area contributed by atoms with Gasteiger partial charge in [0.1, 0.15) is 11.6 Å². The molecule has 0 saturated carbocycles. The van der Waals surface area contributed by atoms with E-state index in [4.69, 9.17) is 0 Å². The van der Waals surface area contributed by atoms with Gasteiger partial charge in [0.2, 0.25) is 0 Å². The van der Waals surface area contributed by atoms with Gasteiger partial charge in [0.15, 0.2) is 0 Å². The summed E-state index contributed by atoms with van der Waals surface area (Å²) in [6.45, 7) is -0.0332. The van der Waals surface area contributed by atoms with E-state index in [1.807, 2.05) is 0 Å². The Morgan fingerprint density at radius 1 is 1.12 bits per heavy atom. The van der Waals surface area contributed by atoms with Gasteiger partial charge in [-0.15, -0.1) is 0 Å². The second kappa shape index (κ2) is 5.66. The molecule has 0 aliphatic rings. The van der Waals surface area contributed by atoms with Crippen LogP contribution in [0.15, 0.2) is 16.6 Å². The van der Waals surface area contributed by atoms with E-state index in [1.54, 1.807) is 0 Å². The van der Waals surface area contributed by atoms with Crippen molar-refractivity contribution in [2.45, 2.75) is 19.0 Å². The Balaban J connectivity index is 2.50. The molecule has 0 unspecified atom stereocenters. The van der Waals surface area contributed by atoms with Crippen molar-refractivity contribution >= 4 is 21.6 Å². The van der Waals surface area contributed by atoms with Crippen LogP contribution in [0.3, 0.4) is 0 Å². The van der Waals surface area contributed by atoms with E-state index in [-0.39, 0.29) is 23.1 Å². The molecule has 0 amide bonds. The van der Waals surface area contributed by atoms with Crippen molar-refractivity contribution in [3.05, 3.63) is 28.2 Å². The van der Waals surface area contributed by atoms with E-state index in [0.29, 0.717) is 6.07 Å². The van der Waals surface area contributed by atoms with Crippen LogP contribution in [0.2, 0.25) is 0 Å². The minimum atomic E-state index is -4.22. The first-order chi connectivity index (χ1) is 7.79. The number of anilines is 1. The van der Waals surface area contributed by atoms with Gasteiger partial charge >= 0.3 is 6.18 Å². The number of nitrogens with one attached hydrogen (secondary N) is 1. The van der Waals surface area contributed by atoms with Crippen LogP contribution in [0, 0.1) is 11.6 Å². The van der Waals surface area contributed by atoms with Gasteiger partial charge in [-0.3, -0.25) is 0 Å². The van der Waals surface area contributed by atoms with Crippen molar-refractivity contribution in [2.24, 2.45) is 0 Å². The third-order valence-electron chi connectivity index (χ3n) is 1.96. The van der Waals surface area contributed by atoms with Gasteiger partial charge in [-0.25, -0.2) is 8.78 Å². The van der Waals surface area contributed by atoms with Crippen molar-refractivity contribution in [3.8, 4) is 0 Å². The van der Waals surface area contributed by atoms with Crippen LogP contribution in [0.25, 0.3) is 0 Å². The first-order valence-corrected chi connectivity index (χ1v) is 5.54. The molecule has 7 heteroatoms. The minimum absolute atomic E-state index is 0.0274. The lowest BCUT2D eigenvalue weighted by Gasteiger charge is -2.09. The third-order valence-corrected chi connectivity index (χ3v) is 2.57. The fourth-order valence-electron chi connectivity index (χ4n) is 1.17. The molecular weight excluding hydrogens is 309 g/mol. The molecule has 96 valence electrons. The highest BCUT2D eigenvalue weighted by Crippen LogP contribution is 2.24. The molecule has 0 spiro atoms. The first-order valence-electron chi connectivity index (χ1n) is 4.75. The number of alkyl halides is 3. The lowest BCUT2D eigenvalue weighted by molar-refractivity contribution is -0.134. The summed E-state index contributed by atoms with van der Waals surface area (Å²) in [7, 11) is 0. The standard InChI is InChI=1S/C10H9BrF5N/c11-6-4-9(8(13)5-7(6)12)17-3-1-2-10(14,15)16/h4-5,17H,1-3H2. The molecule has 0 aromatic heterocycles. The molecule has 0 heterocycles. The Hall–Kier alpha value is -0.850. The van der Waals surface area contributed by atoms with Gasteiger partial charge in [0.05, 0.1) is 10.2 Å². The maximum absolute atomic E-state index is 13.1. The number of rotatable bonds is 4. The molecule has 0 fully saturated rings. The molecule has 1 rings (SSSR count). The smallest absolute Gasteiger partial charge is 0.383 e. The summed E-state index contributed by atoms with van der Waals surface area (Å²) in [4.78, 5) is 0. The van der Waals surface area contributed by atoms with Crippen molar-refractivity contribution in [1.82, 2.24) is 0 Å². The summed E-state index contributed by atoms with van der Waals surface area (Å²) in [6, 6.07) is 1.81. The predicted octanol–water partition coefficient (Wildman–Crippen LogP) is 4.48. The van der Waals surface area contributed by atoms with Crippen molar-refractivity contribution in [1.29, 1.82) is 0 Å². The first kappa shape index (κ1) is 14.2. The van der Waals surface area contributed by atoms with Gasteiger partial charge in [-0.1, -0.05) is 0 Å². The second-order valence-electron chi connectivity index (χ2n) is 3.39. The van der Waals surface area contributed by atoms with Gasteiger partial charge in [0.25, 0.3) is 0 Å². The van der Waals surface area contributed by atoms with E-state index < -0.39 is 24.2 Å². The Labute approximate surface area is 103 Å². The monoisotopic (exact) mass is 317 g/mol. The van der Waals surface area contributed by atoms with Crippen LogP contribution < -0.4 is 5.32 Å². The normalized spacial score (nSPS) is 11.6. The number of halogens is 6. The third kappa shape index (κ3) is 4.89. The lowest BCUT2D eigenvalue weighted by atomic mass is 10.2. The van der Waals surface area contributed by atoms with Crippen LogP contribution in [0.5, 0.6) is 0 Å². The molecule has 0 aliphatic carbocycles. The molecule has 0 saturated heterocycles. The molecule has 1 nitrogen and oxygen atoms in total. The van der Waals surface area contributed by atoms with E-state index in [1.165, 1.54) is 0 Å². The maximum Gasteiger partial charge on any atom is 0.389 e. The van der Waals surface area contributed by atoms with Crippen molar-refractivity contribution < 1.29 is 22.0 Å². The minimum Gasteiger partial charge on any atom is -0.383 e. The largest absolute Gasteiger partial charge is 0.389 e. The molecule has 1 aromatic carbocycles. The molecule has 17 heavy (non-hydrogen) atoms. The summed E-state index contributed by atoms with van der Waals surface area (Å²) in [5.41, 5.74) is -0.0274. The summed E-state index contributed by atoms with van der Waals surface area (Å²) in [5.74, 6) is -1.60. The molecule has 0 aliphatic heterocycles. The Morgan fingerprint density at radius 2 is 1.76 bits per heavy atom. The highest BCUT2D eigenvalue weighted by molar-refractivity contribution is 9.10. The van der Waals surface area contributed by atoms with Crippen LogP contribution in [0.1, 0.15) is 12.8 Å². The van der Waals surface area contributed by atoms with Crippen LogP contribution in [0.4, 0.5) is 27.6 Å². The Kier molecular flexibility index (Phi) is 4.73. The zero-order valence-corrected chi connectivity index (χ0v) is 10.1. The SMILES string of the molecule is Fc1cc(F)c(NCCCC(F)(F)F)cc1Br. The van der Waals surface area contributed by atoms with Crippen LogP contribution in [-0.2, 0) is 0 Å². The molecule has 1 aromatic rings. The maximum atomic E-state index is 13.1. The summed E-state index contributed by atoms with van der Waals surface area (Å²) in [6.07, 6.45) is -5.33. The highest BCUT2D eigenvalue weighted by atomic mass is 79.9. The molecule has 0 radical (unpaired) electrons. The van der Waals surface area contributed by atoms with Crippen molar-refractivity contribution in [2.75, 3.05) is 11.9 Å². The van der Waals surface area contributed by atoms with Crippen LogP contribution in [-0.4, -0.2) is 12.7 Å². The highest BCUT2D eigenvalue weighted by Gasteiger charge is 2.25. The Morgan fingerprint density at radius 3 is 2.35 bits per heavy atom. The zero-order chi connectivity index (χ0) is 13.1. The lowest BCUT2D eigenvalue weighted by Crippen LogP contribution is -2.11. The predicted molar refractivity (Wildman–Crippen MR) is 57.8 cm³/mol. The summed E-state index contributed by atoms with van der Waals surface area (Å²) in [5, 5.41) is 2.48. The molecular formula is C10H9BrF5N.